The molecule has 0 aliphatic heterocycles. The van der Waals surface area contributed by atoms with Gasteiger partial charge in [-0.15, -0.1) is 0 Å². The number of carbonyl (C=O) groups is 1. The molecule has 1 heterocycles. The molecule has 0 unspecified atom stereocenters. The number of benzene rings is 2. The second-order valence-electron chi connectivity index (χ2n) is 6.08. The molecular formula is C20H19F2NO2. The molecular weight excluding hydrogens is 324 g/mol. The topological polar surface area (TPSA) is 42.2 Å². The average Bonchev–Trinajstić information content (AvgIpc) is 2.96. The fraction of sp³-hybridized carbons (Fsp3) is 0.250. The zero-order chi connectivity index (χ0) is 18.0. The van der Waals surface area contributed by atoms with Gasteiger partial charge in [0.05, 0.1) is 18.7 Å². The van der Waals surface area contributed by atoms with Crippen molar-refractivity contribution in [2.24, 2.45) is 0 Å². The highest BCUT2D eigenvalue weighted by Gasteiger charge is 2.16. The molecule has 2 aromatic carbocycles. The number of carbonyl (C=O) groups excluding carboxylic acids is 1. The Labute approximate surface area is 144 Å². The van der Waals surface area contributed by atoms with E-state index in [2.05, 4.69) is 12.2 Å². The Hall–Kier alpha value is -2.69. The number of amides is 1. The van der Waals surface area contributed by atoms with Gasteiger partial charge in [-0.3, -0.25) is 4.79 Å². The van der Waals surface area contributed by atoms with E-state index in [1.165, 1.54) is 17.7 Å². The summed E-state index contributed by atoms with van der Waals surface area (Å²) in [5.74, 6) is -1.57. The van der Waals surface area contributed by atoms with E-state index in [-0.39, 0.29) is 17.9 Å². The van der Waals surface area contributed by atoms with Crippen LogP contribution >= 0.6 is 0 Å². The second kappa shape index (κ2) is 7.05. The summed E-state index contributed by atoms with van der Waals surface area (Å²) in [6.45, 7) is 3.73. The van der Waals surface area contributed by atoms with Gasteiger partial charge in [-0.1, -0.05) is 25.1 Å². The van der Waals surface area contributed by atoms with E-state index in [9.17, 15) is 13.6 Å². The van der Waals surface area contributed by atoms with E-state index in [1.807, 2.05) is 18.2 Å². The van der Waals surface area contributed by atoms with Crippen molar-refractivity contribution in [2.75, 3.05) is 0 Å². The van der Waals surface area contributed by atoms with E-state index in [4.69, 9.17) is 4.42 Å². The Morgan fingerprint density at radius 2 is 2.00 bits per heavy atom. The van der Waals surface area contributed by atoms with Gasteiger partial charge in [0.2, 0.25) is 5.91 Å². The Morgan fingerprint density at radius 3 is 2.72 bits per heavy atom. The molecule has 0 aliphatic carbocycles. The molecule has 1 aromatic heterocycles. The van der Waals surface area contributed by atoms with Crippen LogP contribution in [0.2, 0.25) is 0 Å². The largest absolute Gasteiger partial charge is 0.464 e. The summed E-state index contributed by atoms with van der Waals surface area (Å²) in [5, 5.41) is 3.64. The van der Waals surface area contributed by atoms with Crippen LogP contribution in [0.15, 0.2) is 47.1 Å². The van der Waals surface area contributed by atoms with E-state index < -0.39 is 17.7 Å². The van der Waals surface area contributed by atoms with Crippen molar-refractivity contribution in [3.63, 3.8) is 0 Å². The van der Waals surface area contributed by atoms with Gasteiger partial charge in [0.1, 0.15) is 17.2 Å². The number of nitrogens with one attached hydrogen (secondary N) is 1. The van der Waals surface area contributed by atoms with Crippen molar-refractivity contribution >= 4 is 16.9 Å². The van der Waals surface area contributed by atoms with E-state index >= 15 is 0 Å². The molecule has 1 atom stereocenters. The highest BCUT2D eigenvalue weighted by Crippen LogP contribution is 2.24. The molecule has 0 fully saturated rings. The Bertz CT molecular complexity index is 917. The van der Waals surface area contributed by atoms with Crippen molar-refractivity contribution in [1.29, 1.82) is 0 Å². The van der Waals surface area contributed by atoms with Gasteiger partial charge >= 0.3 is 0 Å². The van der Waals surface area contributed by atoms with Crippen LogP contribution in [0.1, 0.15) is 36.6 Å². The van der Waals surface area contributed by atoms with E-state index in [0.717, 1.165) is 29.0 Å². The number of halogens is 2. The van der Waals surface area contributed by atoms with Crippen molar-refractivity contribution in [3.05, 3.63) is 71.0 Å². The lowest BCUT2D eigenvalue weighted by molar-refractivity contribution is -0.121. The highest BCUT2D eigenvalue weighted by molar-refractivity contribution is 5.88. The smallest absolute Gasteiger partial charge is 0.225 e. The number of rotatable bonds is 5. The first-order chi connectivity index (χ1) is 12.0. The van der Waals surface area contributed by atoms with Crippen molar-refractivity contribution < 1.29 is 18.0 Å². The van der Waals surface area contributed by atoms with Gasteiger partial charge in [0, 0.05) is 22.6 Å². The van der Waals surface area contributed by atoms with Gasteiger partial charge in [0.25, 0.3) is 0 Å². The van der Waals surface area contributed by atoms with Crippen molar-refractivity contribution in [2.45, 2.75) is 32.7 Å². The van der Waals surface area contributed by atoms with Crippen LogP contribution in [0, 0.1) is 11.6 Å². The summed E-state index contributed by atoms with van der Waals surface area (Å²) in [6.07, 6.45) is 2.62. The van der Waals surface area contributed by atoms with Crippen LogP contribution in [0.25, 0.3) is 11.0 Å². The molecule has 3 rings (SSSR count). The minimum atomic E-state index is -0.673. The van der Waals surface area contributed by atoms with Crippen LogP contribution in [0.4, 0.5) is 8.78 Å². The van der Waals surface area contributed by atoms with Crippen LogP contribution in [0.3, 0.4) is 0 Å². The Balaban J connectivity index is 1.72. The van der Waals surface area contributed by atoms with Crippen molar-refractivity contribution in [1.82, 2.24) is 5.32 Å². The van der Waals surface area contributed by atoms with Crippen LogP contribution in [-0.4, -0.2) is 5.91 Å². The fourth-order valence-electron chi connectivity index (χ4n) is 2.88. The molecule has 1 N–H and O–H groups in total. The van der Waals surface area contributed by atoms with Gasteiger partial charge in [-0.05, 0) is 31.0 Å². The SMILES string of the molecule is CCc1ccc2c(CC(=O)N[C@H](C)c3ccc(F)cc3F)coc2c1. The molecule has 0 spiro atoms. The summed E-state index contributed by atoms with van der Waals surface area (Å²) < 4.78 is 32.3. The lowest BCUT2D eigenvalue weighted by Gasteiger charge is -2.15. The minimum Gasteiger partial charge on any atom is -0.464 e. The Kier molecular flexibility index (Phi) is 4.83. The summed E-state index contributed by atoms with van der Waals surface area (Å²) in [4.78, 5) is 12.3. The average molecular weight is 343 g/mol. The quantitative estimate of drug-likeness (QED) is 0.730. The monoisotopic (exact) mass is 343 g/mol. The third-order valence-electron chi connectivity index (χ3n) is 4.29. The molecule has 5 heteroatoms. The lowest BCUT2D eigenvalue weighted by Crippen LogP contribution is -2.28. The van der Waals surface area contributed by atoms with Crippen LogP contribution < -0.4 is 5.32 Å². The maximum atomic E-state index is 13.8. The summed E-state index contributed by atoms with van der Waals surface area (Å²) in [7, 11) is 0. The Morgan fingerprint density at radius 1 is 1.20 bits per heavy atom. The first-order valence-corrected chi connectivity index (χ1v) is 8.21. The van der Waals surface area contributed by atoms with Crippen LogP contribution in [0.5, 0.6) is 0 Å². The summed E-state index contributed by atoms with van der Waals surface area (Å²) in [5.41, 5.74) is 2.94. The molecule has 0 saturated heterocycles. The first kappa shape index (κ1) is 17.1. The maximum Gasteiger partial charge on any atom is 0.225 e. The molecule has 25 heavy (non-hydrogen) atoms. The van der Waals surface area contributed by atoms with Gasteiger partial charge < -0.3 is 9.73 Å². The van der Waals surface area contributed by atoms with E-state index in [1.54, 1.807) is 13.2 Å². The summed E-state index contributed by atoms with van der Waals surface area (Å²) in [6, 6.07) is 8.70. The number of hydrogen-bond donors (Lipinski definition) is 1. The predicted molar refractivity (Wildman–Crippen MR) is 92.2 cm³/mol. The number of aryl methyl sites for hydroxylation is 1. The zero-order valence-electron chi connectivity index (χ0n) is 14.1. The van der Waals surface area contributed by atoms with Gasteiger partial charge in [0.15, 0.2) is 0 Å². The first-order valence-electron chi connectivity index (χ1n) is 8.21. The fourth-order valence-corrected chi connectivity index (χ4v) is 2.88. The van der Waals surface area contributed by atoms with Crippen molar-refractivity contribution in [3.8, 4) is 0 Å². The molecule has 3 aromatic rings. The zero-order valence-corrected chi connectivity index (χ0v) is 14.1. The number of hydrogen-bond acceptors (Lipinski definition) is 2. The molecule has 130 valence electrons. The molecule has 1 amide bonds. The number of fused-ring (bicyclic) bond motifs is 1. The third-order valence-corrected chi connectivity index (χ3v) is 4.29. The molecule has 0 saturated carbocycles. The minimum absolute atomic E-state index is 0.131. The maximum absolute atomic E-state index is 13.8. The lowest BCUT2D eigenvalue weighted by atomic mass is 10.1. The highest BCUT2D eigenvalue weighted by atomic mass is 19.1. The third kappa shape index (κ3) is 3.71. The van der Waals surface area contributed by atoms with Gasteiger partial charge in [-0.25, -0.2) is 8.78 Å². The van der Waals surface area contributed by atoms with Crippen LogP contribution in [-0.2, 0) is 17.6 Å². The number of furan rings is 1. The molecule has 0 bridgehead atoms. The predicted octanol–water partition coefficient (Wildman–Crippen LogP) is 4.69. The standard InChI is InChI=1S/C20H19F2NO2/c1-3-13-4-6-17-14(11-25-19(17)8-13)9-20(24)23-12(2)16-7-5-15(21)10-18(16)22/h4-8,10-12H,3,9H2,1-2H3,(H,23,24)/t12-/m1/s1. The van der Waals surface area contributed by atoms with Gasteiger partial charge in [-0.2, -0.15) is 0 Å². The summed E-state index contributed by atoms with van der Waals surface area (Å²) >= 11 is 0. The molecule has 3 nitrogen and oxygen atoms in total. The van der Waals surface area contributed by atoms with E-state index in [0.29, 0.717) is 0 Å². The second-order valence-corrected chi connectivity index (χ2v) is 6.08. The molecule has 0 aliphatic rings. The molecule has 0 radical (unpaired) electrons. The normalized spacial score (nSPS) is 12.3.